The summed E-state index contributed by atoms with van der Waals surface area (Å²) in [5.74, 6) is 2.19. The molecule has 22 heavy (non-hydrogen) atoms. The van der Waals surface area contributed by atoms with Crippen molar-refractivity contribution in [2.24, 2.45) is 0 Å². The Morgan fingerprint density at radius 2 is 1.86 bits per heavy atom. The third kappa shape index (κ3) is 3.84. The third-order valence-corrected chi connectivity index (χ3v) is 5.61. The van der Waals surface area contributed by atoms with Gasteiger partial charge in [0.1, 0.15) is 5.82 Å². The van der Waals surface area contributed by atoms with Crippen molar-refractivity contribution in [2.75, 3.05) is 5.75 Å². The smallest absolute Gasteiger partial charge is 0.257 e. The van der Waals surface area contributed by atoms with Crippen LogP contribution in [-0.4, -0.2) is 26.1 Å². The molecule has 0 atom stereocenters. The van der Waals surface area contributed by atoms with E-state index in [4.69, 9.17) is 4.52 Å². The van der Waals surface area contributed by atoms with Gasteiger partial charge in [-0.3, -0.25) is 0 Å². The molecule has 3 aromatic rings. The fourth-order valence-electron chi connectivity index (χ4n) is 1.59. The molecule has 0 fully saturated rings. The number of benzene rings is 1. The maximum Gasteiger partial charge on any atom is 0.257 e. The monoisotopic (exact) mass is 354 g/mol. The second kappa shape index (κ2) is 7.21. The van der Waals surface area contributed by atoms with Crippen molar-refractivity contribution < 1.29 is 8.91 Å². The minimum atomic E-state index is -0.295. The van der Waals surface area contributed by atoms with Gasteiger partial charge in [-0.05, 0) is 30.0 Å². The van der Waals surface area contributed by atoms with Crippen LogP contribution in [0.2, 0.25) is 0 Å². The molecule has 114 valence electrons. The van der Waals surface area contributed by atoms with Crippen molar-refractivity contribution in [1.29, 1.82) is 0 Å². The Bertz CT molecular complexity index is 744. The van der Waals surface area contributed by atoms with E-state index in [0.29, 0.717) is 23.0 Å². The van der Waals surface area contributed by atoms with E-state index in [1.165, 1.54) is 23.9 Å². The Morgan fingerprint density at radius 1 is 1.14 bits per heavy atom. The van der Waals surface area contributed by atoms with Crippen LogP contribution in [0, 0.1) is 5.82 Å². The summed E-state index contributed by atoms with van der Waals surface area (Å²) in [7, 11) is 0. The van der Waals surface area contributed by atoms with Gasteiger partial charge in [-0.2, -0.15) is 4.98 Å². The fourth-order valence-corrected chi connectivity index (χ4v) is 4.35. The molecule has 2 aromatic heterocycles. The van der Waals surface area contributed by atoms with E-state index in [-0.39, 0.29) is 5.82 Å². The van der Waals surface area contributed by atoms with E-state index in [2.05, 4.69) is 27.3 Å². The standard InChI is InChI=1S/C13H11FN4OS3/c1-2-20-12-16-17-13(22-12)21-7-10-15-11(19-18-10)8-3-5-9(14)6-4-8/h3-6H,2,7H2,1H3. The number of rotatable bonds is 6. The third-order valence-electron chi connectivity index (χ3n) is 2.54. The average molecular weight is 354 g/mol. The van der Waals surface area contributed by atoms with Crippen LogP contribution in [0.5, 0.6) is 0 Å². The fraction of sp³-hybridized carbons (Fsp3) is 0.231. The van der Waals surface area contributed by atoms with Gasteiger partial charge in [0.2, 0.25) is 0 Å². The van der Waals surface area contributed by atoms with Crippen LogP contribution in [0.3, 0.4) is 0 Å². The molecule has 0 saturated heterocycles. The van der Waals surface area contributed by atoms with E-state index in [1.54, 1.807) is 35.2 Å². The van der Waals surface area contributed by atoms with Crippen LogP contribution in [-0.2, 0) is 5.75 Å². The van der Waals surface area contributed by atoms with Crippen molar-refractivity contribution in [1.82, 2.24) is 20.3 Å². The second-order valence-corrected chi connectivity index (χ2v) is 7.79. The molecule has 0 bridgehead atoms. The van der Waals surface area contributed by atoms with Crippen molar-refractivity contribution in [3.63, 3.8) is 0 Å². The Balaban J connectivity index is 1.62. The molecule has 5 nitrogen and oxygen atoms in total. The molecule has 1 aromatic carbocycles. The first-order chi connectivity index (χ1) is 10.7. The highest BCUT2D eigenvalue weighted by molar-refractivity contribution is 8.02. The van der Waals surface area contributed by atoms with Gasteiger partial charge in [0, 0.05) is 5.56 Å². The van der Waals surface area contributed by atoms with Gasteiger partial charge in [-0.15, -0.1) is 10.2 Å². The molecular weight excluding hydrogens is 343 g/mol. The zero-order chi connectivity index (χ0) is 15.4. The van der Waals surface area contributed by atoms with Gasteiger partial charge >= 0.3 is 0 Å². The quantitative estimate of drug-likeness (QED) is 0.617. The minimum absolute atomic E-state index is 0.295. The largest absolute Gasteiger partial charge is 0.334 e. The molecule has 0 radical (unpaired) electrons. The summed E-state index contributed by atoms with van der Waals surface area (Å²) in [6.07, 6.45) is 0. The van der Waals surface area contributed by atoms with Crippen LogP contribution >= 0.6 is 34.9 Å². The van der Waals surface area contributed by atoms with Crippen LogP contribution < -0.4 is 0 Å². The van der Waals surface area contributed by atoms with Crippen molar-refractivity contribution in [3.05, 3.63) is 35.9 Å². The lowest BCUT2D eigenvalue weighted by molar-refractivity contribution is 0.425. The summed E-state index contributed by atoms with van der Waals surface area (Å²) >= 11 is 4.75. The highest BCUT2D eigenvalue weighted by atomic mass is 32.2. The number of hydrogen-bond donors (Lipinski definition) is 0. The normalized spacial score (nSPS) is 11.0. The van der Waals surface area contributed by atoms with E-state index in [9.17, 15) is 4.39 Å². The second-order valence-electron chi connectivity index (χ2n) is 4.08. The Morgan fingerprint density at radius 3 is 2.59 bits per heavy atom. The van der Waals surface area contributed by atoms with E-state index in [1.807, 2.05) is 0 Å². The average Bonchev–Trinajstić information content (AvgIpc) is 3.16. The molecule has 0 aliphatic carbocycles. The number of hydrogen-bond acceptors (Lipinski definition) is 8. The van der Waals surface area contributed by atoms with E-state index >= 15 is 0 Å². The highest BCUT2D eigenvalue weighted by Crippen LogP contribution is 2.30. The molecule has 0 aliphatic rings. The molecular formula is C13H11FN4OS3. The van der Waals surface area contributed by atoms with Crippen LogP contribution in [0.1, 0.15) is 12.7 Å². The topological polar surface area (TPSA) is 64.7 Å². The van der Waals surface area contributed by atoms with Gasteiger partial charge < -0.3 is 4.52 Å². The van der Waals surface area contributed by atoms with Gasteiger partial charge in [0.05, 0.1) is 5.75 Å². The SMILES string of the molecule is CCSc1nnc(SCc2noc(-c3ccc(F)cc3)n2)s1. The van der Waals surface area contributed by atoms with Gasteiger partial charge in [-0.25, -0.2) is 4.39 Å². The van der Waals surface area contributed by atoms with E-state index < -0.39 is 0 Å². The first-order valence-corrected chi connectivity index (χ1v) is 9.21. The lowest BCUT2D eigenvalue weighted by Gasteiger charge is -1.92. The van der Waals surface area contributed by atoms with Crippen LogP contribution in [0.15, 0.2) is 37.5 Å². The van der Waals surface area contributed by atoms with Crippen LogP contribution in [0.25, 0.3) is 11.5 Å². The molecule has 0 unspecified atom stereocenters. The van der Waals surface area contributed by atoms with E-state index in [0.717, 1.165) is 14.4 Å². The Labute approximate surface area is 138 Å². The zero-order valence-electron chi connectivity index (χ0n) is 11.5. The predicted octanol–water partition coefficient (Wildman–Crippen LogP) is 4.13. The van der Waals surface area contributed by atoms with Gasteiger partial charge in [-0.1, -0.05) is 46.9 Å². The summed E-state index contributed by atoms with van der Waals surface area (Å²) in [4.78, 5) is 4.30. The maximum absolute atomic E-state index is 12.9. The van der Waals surface area contributed by atoms with Crippen molar-refractivity contribution in [3.8, 4) is 11.5 Å². The first-order valence-electron chi connectivity index (χ1n) is 6.42. The maximum atomic E-state index is 12.9. The first kappa shape index (κ1) is 15.4. The Hall–Kier alpha value is -1.45. The molecule has 2 heterocycles. The molecule has 9 heteroatoms. The molecule has 0 N–H and O–H groups in total. The predicted molar refractivity (Wildman–Crippen MR) is 85.6 cm³/mol. The zero-order valence-corrected chi connectivity index (χ0v) is 14.0. The number of thioether (sulfide) groups is 2. The number of aromatic nitrogens is 4. The molecule has 0 saturated carbocycles. The summed E-state index contributed by atoms with van der Waals surface area (Å²) in [6.45, 7) is 2.08. The van der Waals surface area contributed by atoms with Gasteiger partial charge in [0.25, 0.3) is 5.89 Å². The highest BCUT2D eigenvalue weighted by Gasteiger charge is 2.11. The summed E-state index contributed by atoms with van der Waals surface area (Å²) in [6, 6.07) is 5.95. The number of halogens is 1. The molecule has 0 spiro atoms. The molecule has 0 amide bonds. The van der Waals surface area contributed by atoms with Crippen LogP contribution in [0.4, 0.5) is 4.39 Å². The lowest BCUT2D eigenvalue weighted by Crippen LogP contribution is -1.84. The molecule has 0 aliphatic heterocycles. The minimum Gasteiger partial charge on any atom is -0.334 e. The number of nitrogens with zero attached hydrogens (tertiary/aromatic N) is 4. The summed E-state index contributed by atoms with van der Waals surface area (Å²) in [5.41, 5.74) is 0.697. The summed E-state index contributed by atoms with van der Waals surface area (Å²) in [5, 5.41) is 12.1. The summed E-state index contributed by atoms with van der Waals surface area (Å²) < 4.78 is 19.9. The van der Waals surface area contributed by atoms with Crippen molar-refractivity contribution >= 4 is 34.9 Å². The van der Waals surface area contributed by atoms with Crippen molar-refractivity contribution in [2.45, 2.75) is 21.4 Å². The lowest BCUT2D eigenvalue weighted by atomic mass is 10.2. The van der Waals surface area contributed by atoms with Gasteiger partial charge in [0.15, 0.2) is 14.5 Å². The molecule has 3 rings (SSSR count). The Kier molecular flexibility index (Phi) is 5.06.